The minimum atomic E-state index is 0.0172. The molecule has 0 radical (unpaired) electrons. The summed E-state index contributed by atoms with van der Waals surface area (Å²) in [6, 6.07) is 0. The zero-order valence-corrected chi connectivity index (χ0v) is 7.99. The Morgan fingerprint density at radius 2 is 2.50 bits per heavy atom. The van der Waals surface area contributed by atoms with Gasteiger partial charge in [0.05, 0.1) is 0 Å². The van der Waals surface area contributed by atoms with Crippen LogP contribution in [0.15, 0.2) is 5.38 Å². The lowest BCUT2D eigenvalue weighted by Gasteiger charge is -1.92. The number of halogens is 1. The Labute approximate surface area is 79.6 Å². The fourth-order valence-corrected chi connectivity index (χ4v) is 1.47. The molecule has 1 heterocycles. The number of thiazole rings is 1. The number of nitrogen functional groups attached to an aromatic ring is 1. The molecular weight excluding hydrogens is 196 g/mol. The van der Waals surface area contributed by atoms with Crippen LogP contribution in [-0.2, 0) is 0 Å². The smallest absolute Gasteiger partial charge is 0.182 e. The molecule has 0 aliphatic carbocycles. The number of carbonyl (C=O) groups excluding carboxylic acids is 1. The van der Waals surface area contributed by atoms with E-state index in [1.165, 1.54) is 11.3 Å². The van der Waals surface area contributed by atoms with E-state index < -0.39 is 0 Å². The molecule has 0 unspecified atom stereocenters. The second kappa shape index (κ2) is 4.42. The van der Waals surface area contributed by atoms with Crippen LogP contribution < -0.4 is 5.73 Å². The van der Waals surface area contributed by atoms with Gasteiger partial charge < -0.3 is 5.73 Å². The highest BCUT2D eigenvalue weighted by Crippen LogP contribution is 2.13. The van der Waals surface area contributed by atoms with Crippen molar-refractivity contribution in [3.8, 4) is 0 Å². The first-order chi connectivity index (χ1) is 5.74. The molecule has 0 saturated carbocycles. The van der Waals surface area contributed by atoms with Crippen molar-refractivity contribution in [3.63, 3.8) is 0 Å². The number of nitrogens with two attached hydrogens (primary N) is 1. The first kappa shape index (κ1) is 9.48. The predicted octanol–water partition coefficient (Wildman–Crippen LogP) is 1.93. The van der Waals surface area contributed by atoms with Gasteiger partial charge in [0.1, 0.15) is 5.69 Å². The molecule has 0 spiro atoms. The molecule has 3 nitrogen and oxygen atoms in total. The van der Waals surface area contributed by atoms with E-state index in [2.05, 4.69) is 4.98 Å². The number of aromatic nitrogens is 1. The summed E-state index contributed by atoms with van der Waals surface area (Å²) in [5, 5.41) is 2.11. The average molecular weight is 205 g/mol. The Kier molecular flexibility index (Phi) is 3.49. The molecule has 0 aliphatic heterocycles. The van der Waals surface area contributed by atoms with E-state index in [9.17, 15) is 4.79 Å². The second-order valence-corrected chi connectivity index (χ2v) is 3.55. The van der Waals surface area contributed by atoms with Crippen molar-refractivity contribution in [3.05, 3.63) is 11.1 Å². The number of ketones is 1. The Morgan fingerprint density at radius 3 is 3.00 bits per heavy atom. The Morgan fingerprint density at radius 1 is 1.75 bits per heavy atom. The van der Waals surface area contributed by atoms with Gasteiger partial charge in [0.15, 0.2) is 10.9 Å². The first-order valence-corrected chi connectivity index (χ1v) is 4.95. The molecule has 0 atom stereocenters. The van der Waals surface area contributed by atoms with Gasteiger partial charge in [-0.05, 0) is 6.42 Å². The lowest BCUT2D eigenvalue weighted by Crippen LogP contribution is -1.99. The standard InChI is InChI=1S/C7H9ClN2OS/c8-3-1-2-6(11)5-4-12-7(9)10-5/h4H,1-3H2,(H2,9,10). The Balaban J connectivity index is 2.53. The zero-order valence-electron chi connectivity index (χ0n) is 6.42. The first-order valence-electron chi connectivity index (χ1n) is 3.54. The van der Waals surface area contributed by atoms with Crippen LogP contribution in [0.25, 0.3) is 0 Å². The highest BCUT2D eigenvalue weighted by atomic mass is 35.5. The van der Waals surface area contributed by atoms with E-state index in [4.69, 9.17) is 17.3 Å². The predicted molar refractivity (Wildman–Crippen MR) is 50.8 cm³/mol. The summed E-state index contributed by atoms with van der Waals surface area (Å²) in [5.74, 6) is 0.523. The molecule has 2 N–H and O–H groups in total. The molecule has 0 aromatic carbocycles. The Hall–Kier alpha value is -0.610. The van der Waals surface area contributed by atoms with Gasteiger partial charge in [-0.2, -0.15) is 0 Å². The molecule has 0 amide bonds. The number of rotatable bonds is 4. The molecule has 66 valence electrons. The highest BCUT2D eigenvalue weighted by molar-refractivity contribution is 7.13. The van der Waals surface area contributed by atoms with Crippen molar-refractivity contribution in [1.29, 1.82) is 0 Å². The number of hydrogen-bond donors (Lipinski definition) is 1. The summed E-state index contributed by atoms with van der Waals surface area (Å²) in [4.78, 5) is 15.1. The third kappa shape index (κ3) is 2.46. The zero-order chi connectivity index (χ0) is 8.97. The van der Waals surface area contributed by atoms with Gasteiger partial charge in [0.2, 0.25) is 0 Å². The average Bonchev–Trinajstić information content (AvgIpc) is 2.47. The normalized spacial score (nSPS) is 10.1. The third-order valence-electron chi connectivity index (χ3n) is 1.35. The van der Waals surface area contributed by atoms with E-state index in [1.807, 2.05) is 0 Å². The number of alkyl halides is 1. The van der Waals surface area contributed by atoms with Crippen LogP contribution >= 0.6 is 22.9 Å². The summed E-state index contributed by atoms with van der Waals surface area (Å²) in [6.07, 6.45) is 1.14. The van der Waals surface area contributed by atoms with E-state index in [0.717, 1.165) is 0 Å². The highest BCUT2D eigenvalue weighted by Gasteiger charge is 2.08. The Bertz CT molecular complexity index is 274. The van der Waals surface area contributed by atoms with E-state index in [1.54, 1.807) is 5.38 Å². The molecule has 12 heavy (non-hydrogen) atoms. The van der Waals surface area contributed by atoms with Crippen LogP contribution in [0.2, 0.25) is 0 Å². The summed E-state index contributed by atoms with van der Waals surface area (Å²) < 4.78 is 0. The largest absolute Gasteiger partial charge is 0.375 e. The van der Waals surface area contributed by atoms with E-state index >= 15 is 0 Å². The summed E-state index contributed by atoms with van der Waals surface area (Å²) >= 11 is 6.72. The van der Waals surface area contributed by atoms with Gasteiger partial charge >= 0.3 is 0 Å². The van der Waals surface area contributed by atoms with Crippen LogP contribution in [0.4, 0.5) is 5.13 Å². The SMILES string of the molecule is Nc1nc(C(=O)CCCCl)cs1. The fraction of sp³-hybridized carbons (Fsp3) is 0.429. The van der Waals surface area contributed by atoms with Crippen molar-refractivity contribution in [2.45, 2.75) is 12.8 Å². The number of Topliss-reactive ketones (excluding diaryl/α,β-unsaturated/α-hetero) is 1. The van der Waals surface area contributed by atoms with E-state index in [-0.39, 0.29) is 5.78 Å². The van der Waals surface area contributed by atoms with Crippen molar-refractivity contribution in [1.82, 2.24) is 4.98 Å². The molecule has 1 aromatic rings. The summed E-state index contributed by atoms with van der Waals surface area (Å²) in [6.45, 7) is 0. The lowest BCUT2D eigenvalue weighted by molar-refractivity contribution is 0.0978. The van der Waals surface area contributed by atoms with Crippen molar-refractivity contribution in [2.24, 2.45) is 0 Å². The molecule has 0 saturated heterocycles. The maximum Gasteiger partial charge on any atom is 0.182 e. The quantitative estimate of drug-likeness (QED) is 0.602. The minimum absolute atomic E-state index is 0.0172. The van der Waals surface area contributed by atoms with Crippen LogP contribution in [0.1, 0.15) is 23.3 Å². The summed E-state index contributed by atoms with van der Waals surface area (Å²) in [5.41, 5.74) is 5.83. The number of nitrogens with zero attached hydrogens (tertiary/aromatic N) is 1. The van der Waals surface area contributed by atoms with Crippen LogP contribution in [0.3, 0.4) is 0 Å². The van der Waals surface area contributed by atoms with Gasteiger partial charge in [-0.25, -0.2) is 4.98 Å². The molecule has 0 fully saturated rings. The van der Waals surface area contributed by atoms with Gasteiger partial charge in [0.25, 0.3) is 0 Å². The number of carbonyl (C=O) groups is 1. The molecule has 0 aliphatic rings. The molecule has 1 rings (SSSR count). The van der Waals surface area contributed by atoms with Crippen LogP contribution in [-0.4, -0.2) is 16.6 Å². The van der Waals surface area contributed by atoms with Gasteiger partial charge in [0, 0.05) is 17.7 Å². The van der Waals surface area contributed by atoms with Gasteiger partial charge in [-0.1, -0.05) is 0 Å². The molecule has 1 aromatic heterocycles. The maximum atomic E-state index is 11.2. The van der Waals surface area contributed by atoms with Gasteiger partial charge in [-0.15, -0.1) is 22.9 Å². The van der Waals surface area contributed by atoms with Gasteiger partial charge in [-0.3, -0.25) is 4.79 Å². The van der Waals surface area contributed by atoms with Crippen molar-refractivity contribution < 1.29 is 4.79 Å². The minimum Gasteiger partial charge on any atom is -0.375 e. The second-order valence-electron chi connectivity index (χ2n) is 2.29. The third-order valence-corrected chi connectivity index (χ3v) is 2.29. The molecular formula is C7H9ClN2OS. The number of hydrogen-bond acceptors (Lipinski definition) is 4. The lowest BCUT2D eigenvalue weighted by atomic mass is 10.2. The number of anilines is 1. The maximum absolute atomic E-state index is 11.2. The van der Waals surface area contributed by atoms with Crippen molar-refractivity contribution >= 4 is 33.9 Å². The van der Waals surface area contributed by atoms with Crippen molar-refractivity contribution in [2.75, 3.05) is 11.6 Å². The van der Waals surface area contributed by atoms with Crippen LogP contribution in [0.5, 0.6) is 0 Å². The molecule has 5 heteroatoms. The topological polar surface area (TPSA) is 56.0 Å². The van der Waals surface area contributed by atoms with E-state index in [0.29, 0.717) is 29.5 Å². The monoisotopic (exact) mass is 204 g/mol. The van der Waals surface area contributed by atoms with Crippen LogP contribution in [0, 0.1) is 0 Å². The molecule has 0 bridgehead atoms. The summed E-state index contributed by atoms with van der Waals surface area (Å²) in [7, 11) is 0. The fourth-order valence-electron chi connectivity index (χ4n) is 0.771.